The molecule has 0 atom stereocenters. The number of anilines is 1. The third-order valence-electron chi connectivity index (χ3n) is 2.61. The zero-order chi connectivity index (χ0) is 15.6. The van der Waals surface area contributed by atoms with Crippen LogP contribution in [0.3, 0.4) is 0 Å². The highest BCUT2D eigenvalue weighted by atomic mass is 19.1. The van der Waals surface area contributed by atoms with Crippen LogP contribution in [0.25, 0.3) is 0 Å². The van der Waals surface area contributed by atoms with Crippen LogP contribution in [-0.2, 0) is 0 Å². The molecule has 0 aliphatic rings. The molecule has 2 aromatic rings. The van der Waals surface area contributed by atoms with E-state index in [4.69, 9.17) is 5.11 Å². The fourth-order valence-electron chi connectivity index (χ4n) is 1.70. The maximum Gasteiger partial charge on any atom is 0.337 e. The zero-order valence-corrected chi connectivity index (χ0v) is 10.4. The molecule has 0 saturated carbocycles. The Balaban J connectivity index is 2.38. The van der Waals surface area contributed by atoms with Crippen LogP contribution in [0.15, 0.2) is 36.4 Å². The van der Waals surface area contributed by atoms with Gasteiger partial charge in [0.1, 0.15) is 17.5 Å². The Morgan fingerprint density at radius 1 is 1.00 bits per heavy atom. The van der Waals surface area contributed by atoms with Gasteiger partial charge in [0.05, 0.1) is 11.3 Å². The van der Waals surface area contributed by atoms with Gasteiger partial charge < -0.3 is 10.4 Å². The van der Waals surface area contributed by atoms with Crippen molar-refractivity contribution in [2.24, 2.45) is 0 Å². The first-order valence-corrected chi connectivity index (χ1v) is 5.67. The Bertz CT molecular complexity index is 711. The predicted molar refractivity (Wildman–Crippen MR) is 67.7 cm³/mol. The van der Waals surface area contributed by atoms with Crippen molar-refractivity contribution < 1.29 is 27.9 Å². The molecule has 0 unspecified atom stereocenters. The van der Waals surface area contributed by atoms with E-state index in [1.165, 1.54) is 0 Å². The van der Waals surface area contributed by atoms with Crippen LogP contribution in [0.5, 0.6) is 0 Å². The normalized spacial score (nSPS) is 10.2. The summed E-state index contributed by atoms with van der Waals surface area (Å²) >= 11 is 0. The number of halogens is 3. The highest BCUT2D eigenvalue weighted by molar-refractivity contribution is 6.07. The number of amides is 1. The Morgan fingerprint density at radius 3 is 2.19 bits per heavy atom. The van der Waals surface area contributed by atoms with Gasteiger partial charge in [0, 0.05) is 11.6 Å². The number of rotatable bonds is 3. The summed E-state index contributed by atoms with van der Waals surface area (Å²) in [4.78, 5) is 22.8. The van der Waals surface area contributed by atoms with Crippen molar-refractivity contribution in [2.45, 2.75) is 0 Å². The fourth-order valence-corrected chi connectivity index (χ4v) is 1.70. The molecule has 2 rings (SSSR count). The largest absolute Gasteiger partial charge is 0.478 e. The molecule has 0 aliphatic carbocycles. The van der Waals surface area contributed by atoms with Crippen molar-refractivity contribution in [2.75, 3.05) is 5.32 Å². The molecule has 0 radical (unpaired) electrons. The lowest BCUT2D eigenvalue weighted by Gasteiger charge is -2.09. The average molecular weight is 295 g/mol. The van der Waals surface area contributed by atoms with Gasteiger partial charge in [-0.3, -0.25) is 4.79 Å². The van der Waals surface area contributed by atoms with Gasteiger partial charge in [-0.05, 0) is 24.3 Å². The molecule has 0 spiro atoms. The molecular formula is C14H8F3NO3. The van der Waals surface area contributed by atoms with E-state index in [1.54, 1.807) is 0 Å². The Hall–Kier alpha value is -2.83. The second kappa shape index (κ2) is 5.66. The molecule has 2 aromatic carbocycles. The number of benzene rings is 2. The predicted octanol–water partition coefficient (Wildman–Crippen LogP) is 3.05. The highest BCUT2D eigenvalue weighted by Crippen LogP contribution is 2.21. The lowest BCUT2D eigenvalue weighted by Crippen LogP contribution is -2.16. The average Bonchev–Trinajstić information content (AvgIpc) is 2.39. The molecule has 7 heteroatoms. The molecular weight excluding hydrogens is 287 g/mol. The van der Waals surface area contributed by atoms with Gasteiger partial charge in [-0.1, -0.05) is 6.07 Å². The van der Waals surface area contributed by atoms with Gasteiger partial charge in [0.2, 0.25) is 0 Å². The summed E-state index contributed by atoms with van der Waals surface area (Å²) in [7, 11) is 0. The third kappa shape index (κ3) is 3.19. The minimum absolute atomic E-state index is 0.396. The molecule has 0 bridgehead atoms. The number of carbonyl (C=O) groups excluding carboxylic acids is 1. The Kier molecular flexibility index (Phi) is 3.93. The molecule has 0 saturated heterocycles. The number of carboxylic acid groups (broad SMARTS) is 1. The SMILES string of the molecule is O=C(Nc1c(F)cccc1C(=O)O)c1cc(F)cc(F)c1. The lowest BCUT2D eigenvalue weighted by molar-refractivity contribution is 0.0697. The lowest BCUT2D eigenvalue weighted by atomic mass is 10.1. The molecule has 0 aliphatic heterocycles. The number of carboxylic acids is 1. The van der Waals surface area contributed by atoms with Crippen LogP contribution in [0.1, 0.15) is 20.7 Å². The maximum atomic E-state index is 13.6. The molecule has 108 valence electrons. The third-order valence-corrected chi connectivity index (χ3v) is 2.61. The van der Waals surface area contributed by atoms with E-state index >= 15 is 0 Å². The van der Waals surface area contributed by atoms with Crippen molar-refractivity contribution in [3.8, 4) is 0 Å². The summed E-state index contributed by atoms with van der Waals surface area (Å²) in [6.07, 6.45) is 0. The van der Waals surface area contributed by atoms with Gasteiger partial charge in [-0.2, -0.15) is 0 Å². The summed E-state index contributed by atoms with van der Waals surface area (Å²) < 4.78 is 39.7. The molecule has 0 aromatic heterocycles. The standard InChI is InChI=1S/C14H8F3NO3/c15-8-4-7(5-9(16)6-8)13(19)18-12-10(14(20)21)2-1-3-11(12)17/h1-6H,(H,18,19)(H,20,21). The minimum atomic E-state index is -1.45. The van der Waals surface area contributed by atoms with E-state index in [1.807, 2.05) is 5.32 Å². The number of hydrogen-bond acceptors (Lipinski definition) is 2. The highest BCUT2D eigenvalue weighted by Gasteiger charge is 2.18. The zero-order valence-electron chi connectivity index (χ0n) is 10.4. The van der Waals surface area contributed by atoms with Crippen molar-refractivity contribution in [3.63, 3.8) is 0 Å². The minimum Gasteiger partial charge on any atom is -0.478 e. The van der Waals surface area contributed by atoms with Crippen molar-refractivity contribution in [1.82, 2.24) is 0 Å². The second-order valence-corrected chi connectivity index (χ2v) is 4.08. The van der Waals surface area contributed by atoms with Crippen molar-refractivity contribution >= 4 is 17.6 Å². The number of nitrogens with one attached hydrogen (secondary N) is 1. The number of hydrogen-bond donors (Lipinski definition) is 2. The number of para-hydroxylation sites is 1. The molecule has 2 N–H and O–H groups in total. The quantitative estimate of drug-likeness (QED) is 0.914. The van der Waals surface area contributed by atoms with Gasteiger partial charge in [-0.25, -0.2) is 18.0 Å². The molecule has 0 fully saturated rings. The summed E-state index contributed by atoms with van der Waals surface area (Å²) in [6.45, 7) is 0. The molecule has 21 heavy (non-hydrogen) atoms. The molecule has 1 amide bonds. The van der Waals surface area contributed by atoms with Crippen molar-refractivity contribution in [1.29, 1.82) is 0 Å². The molecule has 4 nitrogen and oxygen atoms in total. The van der Waals surface area contributed by atoms with E-state index in [-0.39, 0.29) is 0 Å². The Morgan fingerprint density at radius 2 is 1.62 bits per heavy atom. The first-order valence-electron chi connectivity index (χ1n) is 5.67. The topological polar surface area (TPSA) is 66.4 Å². The monoisotopic (exact) mass is 295 g/mol. The fraction of sp³-hybridized carbons (Fsp3) is 0. The first kappa shape index (κ1) is 14.6. The second-order valence-electron chi connectivity index (χ2n) is 4.08. The van der Waals surface area contributed by atoms with E-state index in [9.17, 15) is 22.8 Å². The van der Waals surface area contributed by atoms with E-state index in [0.717, 1.165) is 30.3 Å². The number of carbonyl (C=O) groups is 2. The van der Waals surface area contributed by atoms with E-state index in [2.05, 4.69) is 0 Å². The van der Waals surface area contributed by atoms with Crippen LogP contribution >= 0.6 is 0 Å². The van der Waals surface area contributed by atoms with Crippen LogP contribution in [0, 0.1) is 17.5 Å². The summed E-state index contributed by atoms with van der Waals surface area (Å²) in [5.41, 5.74) is -1.44. The summed E-state index contributed by atoms with van der Waals surface area (Å²) in [6, 6.07) is 5.28. The van der Waals surface area contributed by atoms with E-state index < -0.39 is 46.1 Å². The summed E-state index contributed by atoms with van der Waals surface area (Å²) in [5, 5.41) is 10.9. The van der Waals surface area contributed by atoms with E-state index in [0.29, 0.717) is 6.07 Å². The van der Waals surface area contributed by atoms with Gasteiger partial charge >= 0.3 is 5.97 Å². The van der Waals surface area contributed by atoms with Crippen LogP contribution in [-0.4, -0.2) is 17.0 Å². The van der Waals surface area contributed by atoms with Gasteiger partial charge in [0.15, 0.2) is 0 Å². The van der Waals surface area contributed by atoms with Gasteiger partial charge in [-0.15, -0.1) is 0 Å². The summed E-state index contributed by atoms with van der Waals surface area (Å²) in [5.74, 6) is -5.41. The first-order chi connectivity index (χ1) is 9.88. The smallest absolute Gasteiger partial charge is 0.337 e. The molecule has 0 heterocycles. The van der Waals surface area contributed by atoms with Crippen molar-refractivity contribution in [3.05, 3.63) is 65.0 Å². The van der Waals surface area contributed by atoms with Crippen LogP contribution in [0.4, 0.5) is 18.9 Å². The number of aromatic carboxylic acids is 1. The van der Waals surface area contributed by atoms with Crippen LogP contribution < -0.4 is 5.32 Å². The van der Waals surface area contributed by atoms with Crippen LogP contribution in [0.2, 0.25) is 0 Å². The Labute approximate surface area is 116 Å². The van der Waals surface area contributed by atoms with Gasteiger partial charge in [0.25, 0.3) is 5.91 Å². The maximum absolute atomic E-state index is 13.6.